The fourth-order valence-electron chi connectivity index (χ4n) is 1.24. The Kier molecular flexibility index (Phi) is 2.96. The standard InChI is InChI=1S/C10H5F3N2/c1-5-7(4-15)6(2-3-14)9(12)10(13)8(5)11/h2H2,1H3. The Balaban J connectivity index is 3.66. The first-order chi connectivity index (χ1) is 7.04. The van der Waals surface area contributed by atoms with Crippen LogP contribution in [0.1, 0.15) is 16.7 Å². The van der Waals surface area contributed by atoms with Gasteiger partial charge in [0.05, 0.1) is 24.1 Å². The molecule has 0 bridgehead atoms. The van der Waals surface area contributed by atoms with Gasteiger partial charge in [0.1, 0.15) is 0 Å². The highest BCUT2D eigenvalue weighted by Crippen LogP contribution is 2.24. The van der Waals surface area contributed by atoms with Crippen molar-refractivity contribution in [2.45, 2.75) is 13.3 Å². The largest absolute Gasteiger partial charge is 0.203 e. The highest BCUT2D eigenvalue weighted by molar-refractivity contribution is 5.46. The van der Waals surface area contributed by atoms with Gasteiger partial charge in [-0.05, 0) is 6.92 Å². The van der Waals surface area contributed by atoms with Crippen molar-refractivity contribution in [2.75, 3.05) is 0 Å². The molecule has 15 heavy (non-hydrogen) atoms. The number of nitrogens with zero attached hydrogens (tertiary/aromatic N) is 2. The quantitative estimate of drug-likeness (QED) is 0.668. The fourth-order valence-corrected chi connectivity index (χ4v) is 1.24. The second kappa shape index (κ2) is 4.02. The molecule has 5 heteroatoms. The van der Waals surface area contributed by atoms with E-state index in [9.17, 15) is 13.2 Å². The van der Waals surface area contributed by atoms with Crippen molar-refractivity contribution in [3.8, 4) is 12.1 Å². The minimum Gasteiger partial charge on any atom is -0.203 e. The third kappa shape index (κ3) is 1.64. The van der Waals surface area contributed by atoms with E-state index >= 15 is 0 Å². The van der Waals surface area contributed by atoms with Gasteiger partial charge in [0.15, 0.2) is 17.5 Å². The zero-order chi connectivity index (χ0) is 11.6. The maximum Gasteiger partial charge on any atom is 0.195 e. The molecule has 0 amide bonds. The third-order valence-corrected chi connectivity index (χ3v) is 2.02. The highest BCUT2D eigenvalue weighted by atomic mass is 19.2. The molecule has 0 fully saturated rings. The number of nitriles is 2. The molecule has 2 nitrogen and oxygen atoms in total. The molecule has 76 valence electrons. The van der Waals surface area contributed by atoms with Crippen LogP contribution < -0.4 is 0 Å². The van der Waals surface area contributed by atoms with Gasteiger partial charge in [0, 0.05) is 11.1 Å². The van der Waals surface area contributed by atoms with Crippen molar-refractivity contribution in [2.24, 2.45) is 0 Å². The highest BCUT2D eigenvalue weighted by Gasteiger charge is 2.22. The van der Waals surface area contributed by atoms with Crippen LogP contribution in [0, 0.1) is 47.0 Å². The minimum absolute atomic E-state index is 0.276. The Labute approximate surface area is 84.2 Å². The van der Waals surface area contributed by atoms with E-state index < -0.39 is 29.4 Å². The first-order valence-electron chi connectivity index (χ1n) is 3.97. The number of hydrogen-bond acceptors (Lipinski definition) is 2. The SMILES string of the molecule is Cc1c(F)c(F)c(F)c(CC#N)c1C#N. The van der Waals surface area contributed by atoms with Crippen LogP contribution in [0.4, 0.5) is 13.2 Å². The van der Waals surface area contributed by atoms with Crippen LogP contribution in [-0.4, -0.2) is 0 Å². The molecular weight excluding hydrogens is 205 g/mol. The van der Waals surface area contributed by atoms with Crippen molar-refractivity contribution in [1.82, 2.24) is 0 Å². The van der Waals surface area contributed by atoms with E-state index in [1.54, 1.807) is 12.1 Å². The molecule has 0 atom stereocenters. The average Bonchev–Trinajstić information content (AvgIpc) is 2.24. The average molecular weight is 210 g/mol. The van der Waals surface area contributed by atoms with Gasteiger partial charge in [-0.2, -0.15) is 10.5 Å². The zero-order valence-corrected chi connectivity index (χ0v) is 7.74. The number of halogens is 3. The summed E-state index contributed by atoms with van der Waals surface area (Å²) in [5.74, 6) is -4.49. The molecule has 1 rings (SSSR count). The molecule has 0 N–H and O–H groups in total. The van der Waals surface area contributed by atoms with E-state index in [0.717, 1.165) is 6.92 Å². The van der Waals surface area contributed by atoms with Crippen LogP contribution in [0.5, 0.6) is 0 Å². The maximum atomic E-state index is 13.2. The van der Waals surface area contributed by atoms with Gasteiger partial charge < -0.3 is 0 Å². The second-order valence-electron chi connectivity index (χ2n) is 2.87. The molecule has 1 aromatic rings. The predicted octanol–water partition coefficient (Wildman–Crippen LogP) is 2.35. The molecule has 0 aromatic heterocycles. The Hall–Kier alpha value is -2.01. The van der Waals surface area contributed by atoms with E-state index in [-0.39, 0.29) is 11.1 Å². The first-order valence-corrected chi connectivity index (χ1v) is 3.97. The van der Waals surface area contributed by atoms with Crippen molar-refractivity contribution in [3.63, 3.8) is 0 Å². The Bertz CT molecular complexity index is 495. The monoisotopic (exact) mass is 210 g/mol. The van der Waals surface area contributed by atoms with Crippen LogP contribution in [0.3, 0.4) is 0 Å². The molecule has 0 radical (unpaired) electrons. The van der Waals surface area contributed by atoms with Crippen LogP contribution in [0.15, 0.2) is 0 Å². The molecule has 0 saturated heterocycles. The van der Waals surface area contributed by atoms with Gasteiger partial charge in [0.25, 0.3) is 0 Å². The summed E-state index contributed by atoms with van der Waals surface area (Å²) in [4.78, 5) is 0. The second-order valence-corrected chi connectivity index (χ2v) is 2.87. The smallest absolute Gasteiger partial charge is 0.195 e. The Morgan fingerprint density at radius 2 is 1.67 bits per heavy atom. The Morgan fingerprint density at radius 1 is 1.07 bits per heavy atom. The molecule has 0 aliphatic heterocycles. The topological polar surface area (TPSA) is 47.6 Å². The van der Waals surface area contributed by atoms with Crippen molar-refractivity contribution in [3.05, 3.63) is 34.1 Å². The lowest BCUT2D eigenvalue weighted by atomic mass is 9.99. The van der Waals surface area contributed by atoms with Crippen LogP contribution >= 0.6 is 0 Å². The van der Waals surface area contributed by atoms with Crippen LogP contribution in [0.2, 0.25) is 0 Å². The van der Waals surface area contributed by atoms with E-state index in [0.29, 0.717) is 0 Å². The summed E-state index contributed by atoms with van der Waals surface area (Å²) in [6.45, 7) is 1.16. The van der Waals surface area contributed by atoms with Gasteiger partial charge in [-0.15, -0.1) is 0 Å². The molecule has 0 spiro atoms. The van der Waals surface area contributed by atoms with Gasteiger partial charge in [-0.3, -0.25) is 0 Å². The predicted molar refractivity (Wildman–Crippen MR) is 45.1 cm³/mol. The molecule has 0 aliphatic carbocycles. The maximum absolute atomic E-state index is 13.2. The van der Waals surface area contributed by atoms with Gasteiger partial charge in [-0.25, -0.2) is 13.2 Å². The summed E-state index contributed by atoms with van der Waals surface area (Å²) < 4.78 is 39.1. The van der Waals surface area contributed by atoms with Crippen LogP contribution in [0.25, 0.3) is 0 Å². The molecule has 0 aliphatic rings. The summed E-state index contributed by atoms with van der Waals surface area (Å²) in [5.41, 5.74) is -0.981. The van der Waals surface area contributed by atoms with E-state index in [2.05, 4.69) is 0 Å². The van der Waals surface area contributed by atoms with Gasteiger partial charge in [-0.1, -0.05) is 0 Å². The van der Waals surface area contributed by atoms with Crippen LogP contribution in [-0.2, 0) is 6.42 Å². The van der Waals surface area contributed by atoms with Crippen molar-refractivity contribution in [1.29, 1.82) is 10.5 Å². The summed E-state index contributed by atoms with van der Waals surface area (Å²) in [6.07, 6.45) is -0.466. The summed E-state index contributed by atoms with van der Waals surface area (Å²) in [6, 6.07) is 3.15. The normalized spacial score (nSPS) is 9.47. The van der Waals surface area contributed by atoms with E-state index in [1.807, 2.05) is 0 Å². The van der Waals surface area contributed by atoms with Crippen molar-refractivity contribution < 1.29 is 13.2 Å². The number of benzene rings is 1. The molecule has 0 unspecified atom stereocenters. The first kappa shape index (κ1) is 11.1. The lowest BCUT2D eigenvalue weighted by Crippen LogP contribution is -2.05. The van der Waals surface area contributed by atoms with Gasteiger partial charge in [0.2, 0.25) is 0 Å². The number of rotatable bonds is 1. The zero-order valence-electron chi connectivity index (χ0n) is 7.74. The Morgan fingerprint density at radius 3 is 2.13 bits per heavy atom. The van der Waals surface area contributed by atoms with Crippen molar-refractivity contribution >= 4 is 0 Å². The summed E-state index contributed by atoms with van der Waals surface area (Å²) in [5, 5.41) is 17.0. The third-order valence-electron chi connectivity index (χ3n) is 2.02. The number of hydrogen-bond donors (Lipinski definition) is 0. The lowest BCUT2D eigenvalue weighted by molar-refractivity contribution is 0.438. The van der Waals surface area contributed by atoms with E-state index in [4.69, 9.17) is 10.5 Å². The van der Waals surface area contributed by atoms with E-state index in [1.165, 1.54) is 0 Å². The lowest BCUT2D eigenvalue weighted by Gasteiger charge is -2.07. The minimum atomic E-state index is -1.64. The summed E-state index contributed by atoms with van der Waals surface area (Å²) in [7, 11) is 0. The molecular formula is C10H5F3N2. The fraction of sp³-hybridized carbons (Fsp3) is 0.200. The molecule has 0 saturated carbocycles. The molecule has 1 aromatic carbocycles. The summed E-state index contributed by atoms with van der Waals surface area (Å²) >= 11 is 0. The molecule has 0 heterocycles. The van der Waals surface area contributed by atoms with Gasteiger partial charge >= 0.3 is 0 Å².